The number of rotatable bonds is 3. The van der Waals surface area contributed by atoms with Gasteiger partial charge in [0.2, 0.25) is 0 Å². The van der Waals surface area contributed by atoms with Gasteiger partial charge in [0.25, 0.3) is 5.91 Å². The summed E-state index contributed by atoms with van der Waals surface area (Å²) in [5.41, 5.74) is 1.14. The molecule has 3 aromatic rings. The molecule has 0 bridgehead atoms. The highest BCUT2D eigenvalue weighted by atomic mass is 35.5. The number of benzene rings is 2. The standard InChI is InChI=1S/C21H17ClF2N4O/c22-15-6-4-14(5-7-15)18-8-9-19(26-25-18)27-10-12-28(13-11-27)21(29)20-16(23)2-1-3-17(20)24/h1-9H,10-13H2. The summed E-state index contributed by atoms with van der Waals surface area (Å²) in [6, 6.07) is 14.5. The second kappa shape index (κ2) is 8.13. The number of carbonyl (C=O) groups is 1. The summed E-state index contributed by atoms with van der Waals surface area (Å²) in [5.74, 6) is -1.64. The van der Waals surface area contributed by atoms with Crippen LogP contribution in [0.1, 0.15) is 10.4 Å². The number of halogens is 3. The van der Waals surface area contributed by atoms with Crippen LogP contribution in [0, 0.1) is 11.6 Å². The van der Waals surface area contributed by atoms with E-state index in [1.807, 2.05) is 29.2 Å². The van der Waals surface area contributed by atoms with E-state index in [0.717, 1.165) is 23.4 Å². The highest BCUT2D eigenvalue weighted by Crippen LogP contribution is 2.22. The summed E-state index contributed by atoms with van der Waals surface area (Å²) < 4.78 is 27.7. The zero-order valence-corrected chi connectivity index (χ0v) is 16.1. The van der Waals surface area contributed by atoms with Crippen molar-refractivity contribution in [3.63, 3.8) is 0 Å². The normalized spacial score (nSPS) is 14.2. The molecule has 8 heteroatoms. The number of aromatic nitrogens is 2. The maximum absolute atomic E-state index is 13.9. The van der Waals surface area contributed by atoms with Crippen LogP contribution in [0.5, 0.6) is 0 Å². The molecule has 1 aliphatic heterocycles. The van der Waals surface area contributed by atoms with Gasteiger partial charge in [0, 0.05) is 36.8 Å². The predicted octanol–water partition coefficient (Wildman–Crippen LogP) is 4.04. The first kappa shape index (κ1) is 19.3. The largest absolute Gasteiger partial charge is 0.352 e. The summed E-state index contributed by atoms with van der Waals surface area (Å²) in [6.45, 7) is 1.67. The fourth-order valence-corrected chi connectivity index (χ4v) is 3.39. The van der Waals surface area contributed by atoms with Crippen LogP contribution in [0.15, 0.2) is 54.6 Å². The number of anilines is 1. The molecule has 0 N–H and O–H groups in total. The molecule has 0 spiro atoms. The van der Waals surface area contributed by atoms with Crippen LogP contribution in [-0.2, 0) is 0 Å². The van der Waals surface area contributed by atoms with Gasteiger partial charge in [0.1, 0.15) is 17.2 Å². The Morgan fingerprint density at radius 1 is 0.862 bits per heavy atom. The van der Waals surface area contributed by atoms with Gasteiger partial charge < -0.3 is 9.80 Å². The Morgan fingerprint density at radius 2 is 1.52 bits per heavy atom. The Kier molecular flexibility index (Phi) is 5.40. The van der Waals surface area contributed by atoms with Crippen LogP contribution >= 0.6 is 11.6 Å². The summed E-state index contributed by atoms with van der Waals surface area (Å²) in [7, 11) is 0. The van der Waals surface area contributed by atoms with Gasteiger partial charge in [-0.05, 0) is 36.4 Å². The molecule has 2 heterocycles. The van der Waals surface area contributed by atoms with E-state index in [4.69, 9.17) is 11.6 Å². The Morgan fingerprint density at radius 3 is 2.10 bits per heavy atom. The molecule has 29 heavy (non-hydrogen) atoms. The quantitative estimate of drug-likeness (QED) is 0.649. The maximum Gasteiger partial charge on any atom is 0.259 e. The van der Waals surface area contributed by atoms with E-state index in [9.17, 15) is 13.6 Å². The Bertz CT molecular complexity index is 1000. The van der Waals surface area contributed by atoms with Gasteiger partial charge in [-0.25, -0.2) is 8.78 Å². The van der Waals surface area contributed by atoms with Crippen LogP contribution in [0.4, 0.5) is 14.6 Å². The third-order valence-corrected chi connectivity index (χ3v) is 5.11. The minimum Gasteiger partial charge on any atom is -0.352 e. The van der Waals surface area contributed by atoms with Crippen LogP contribution in [0.3, 0.4) is 0 Å². The van der Waals surface area contributed by atoms with E-state index in [1.54, 1.807) is 12.1 Å². The van der Waals surface area contributed by atoms with Crippen molar-refractivity contribution >= 4 is 23.3 Å². The van der Waals surface area contributed by atoms with Crippen molar-refractivity contribution in [1.29, 1.82) is 0 Å². The topological polar surface area (TPSA) is 49.3 Å². The van der Waals surface area contributed by atoms with E-state index >= 15 is 0 Å². The summed E-state index contributed by atoms with van der Waals surface area (Å²) in [5, 5.41) is 9.19. The minimum atomic E-state index is -0.846. The average molecular weight is 415 g/mol. The van der Waals surface area contributed by atoms with E-state index in [-0.39, 0.29) is 0 Å². The molecule has 148 valence electrons. The molecule has 0 saturated carbocycles. The van der Waals surface area contributed by atoms with Crippen LogP contribution in [0.2, 0.25) is 5.02 Å². The summed E-state index contributed by atoms with van der Waals surface area (Å²) in [6.07, 6.45) is 0. The van der Waals surface area contributed by atoms with E-state index in [1.165, 1.54) is 11.0 Å². The maximum atomic E-state index is 13.9. The average Bonchev–Trinajstić information content (AvgIpc) is 2.74. The van der Waals surface area contributed by atoms with E-state index in [2.05, 4.69) is 10.2 Å². The monoisotopic (exact) mass is 414 g/mol. The second-order valence-electron chi connectivity index (χ2n) is 6.66. The lowest BCUT2D eigenvalue weighted by Gasteiger charge is -2.35. The highest BCUT2D eigenvalue weighted by molar-refractivity contribution is 6.30. The molecule has 1 fully saturated rings. The number of hydrogen-bond acceptors (Lipinski definition) is 4. The molecule has 4 rings (SSSR count). The van der Waals surface area contributed by atoms with Crippen LogP contribution < -0.4 is 4.90 Å². The van der Waals surface area contributed by atoms with Gasteiger partial charge in [-0.2, -0.15) is 0 Å². The molecule has 1 amide bonds. The van der Waals surface area contributed by atoms with Gasteiger partial charge in [-0.3, -0.25) is 4.79 Å². The molecular formula is C21H17ClF2N4O. The van der Waals surface area contributed by atoms with Crippen molar-refractivity contribution in [2.45, 2.75) is 0 Å². The van der Waals surface area contributed by atoms with Crippen molar-refractivity contribution in [3.05, 3.63) is 76.8 Å². The first-order chi connectivity index (χ1) is 14.0. The Labute approximate surface area is 171 Å². The lowest BCUT2D eigenvalue weighted by atomic mass is 10.1. The number of nitrogens with zero attached hydrogens (tertiary/aromatic N) is 4. The van der Waals surface area contributed by atoms with Crippen molar-refractivity contribution in [1.82, 2.24) is 15.1 Å². The van der Waals surface area contributed by atoms with Gasteiger partial charge in [0.15, 0.2) is 5.82 Å². The van der Waals surface area contributed by atoms with Crippen molar-refractivity contribution < 1.29 is 13.6 Å². The number of carbonyl (C=O) groups excluding carboxylic acids is 1. The zero-order chi connectivity index (χ0) is 20.4. The Balaban J connectivity index is 1.42. The molecular weight excluding hydrogens is 398 g/mol. The molecule has 0 unspecified atom stereocenters. The first-order valence-corrected chi connectivity index (χ1v) is 9.48. The number of hydrogen-bond donors (Lipinski definition) is 0. The second-order valence-corrected chi connectivity index (χ2v) is 7.10. The van der Waals surface area contributed by atoms with Crippen molar-refractivity contribution in [3.8, 4) is 11.3 Å². The summed E-state index contributed by atoms with van der Waals surface area (Å²) in [4.78, 5) is 15.9. The minimum absolute atomic E-state index is 0.340. The number of piperazine rings is 1. The van der Waals surface area contributed by atoms with Crippen LogP contribution in [0.25, 0.3) is 11.3 Å². The lowest BCUT2D eigenvalue weighted by Crippen LogP contribution is -2.49. The van der Waals surface area contributed by atoms with Crippen LogP contribution in [-0.4, -0.2) is 47.2 Å². The third-order valence-electron chi connectivity index (χ3n) is 4.86. The van der Waals surface area contributed by atoms with Crippen molar-refractivity contribution in [2.24, 2.45) is 0 Å². The van der Waals surface area contributed by atoms with Gasteiger partial charge >= 0.3 is 0 Å². The zero-order valence-electron chi connectivity index (χ0n) is 15.4. The molecule has 1 aromatic heterocycles. The molecule has 0 aliphatic carbocycles. The van der Waals surface area contributed by atoms with Crippen molar-refractivity contribution in [2.75, 3.05) is 31.1 Å². The predicted molar refractivity (Wildman–Crippen MR) is 107 cm³/mol. The first-order valence-electron chi connectivity index (χ1n) is 9.11. The Hall–Kier alpha value is -3.06. The SMILES string of the molecule is O=C(c1c(F)cccc1F)N1CCN(c2ccc(-c3ccc(Cl)cc3)nn2)CC1. The molecule has 0 radical (unpaired) electrons. The fraction of sp³-hybridized carbons (Fsp3) is 0.190. The summed E-state index contributed by atoms with van der Waals surface area (Å²) >= 11 is 5.90. The molecule has 5 nitrogen and oxygen atoms in total. The fourth-order valence-electron chi connectivity index (χ4n) is 3.27. The molecule has 2 aromatic carbocycles. The lowest BCUT2D eigenvalue weighted by molar-refractivity contribution is 0.0736. The van der Waals surface area contributed by atoms with Gasteiger partial charge in [-0.15, -0.1) is 10.2 Å². The third kappa shape index (κ3) is 4.05. The highest BCUT2D eigenvalue weighted by Gasteiger charge is 2.27. The van der Waals surface area contributed by atoms with Gasteiger partial charge in [0.05, 0.1) is 5.69 Å². The molecule has 1 saturated heterocycles. The number of amides is 1. The van der Waals surface area contributed by atoms with E-state index < -0.39 is 23.1 Å². The smallest absolute Gasteiger partial charge is 0.259 e. The van der Waals surface area contributed by atoms with E-state index in [0.29, 0.717) is 37.0 Å². The molecule has 0 atom stereocenters. The molecule has 1 aliphatic rings. The van der Waals surface area contributed by atoms with Gasteiger partial charge in [-0.1, -0.05) is 29.8 Å².